The molecule has 7 nitrogen and oxygen atoms in total. The molecular formula is C31H36FN5O2S. The van der Waals surface area contributed by atoms with Gasteiger partial charge < -0.3 is 10.2 Å². The Bertz CT molecular complexity index is 1340. The number of carbonyl (C=O) groups excluding carboxylic acids is 2. The van der Waals surface area contributed by atoms with Crippen LogP contribution in [0.5, 0.6) is 0 Å². The summed E-state index contributed by atoms with van der Waals surface area (Å²) >= 11 is 1.30. The van der Waals surface area contributed by atoms with E-state index in [1.807, 2.05) is 24.4 Å². The Morgan fingerprint density at radius 1 is 1.02 bits per heavy atom. The molecule has 0 unspecified atom stereocenters. The van der Waals surface area contributed by atoms with Crippen molar-refractivity contribution in [1.29, 1.82) is 0 Å². The number of aryl methyl sites for hydroxylation is 1. The maximum absolute atomic E-state index is 13.2. The highest BCUT2D eigenvalue weighted by Crippen LogP contribution is 2.28. The summed E-state index contributed by atoms with van der Waals surface area (Å²) in [6.07, 6.45) is 7.88. The number of anilines is 1. The lowest BCUT2D eigenvalue weighted by atomic mass is 9.99. The Balaban J connectivity index is 1.17. The van der Waals surface area contributed by atoms with Crippen molar-refractivity contribution in [3.63, 3.8) is 0 Å². The smallest absolute Gasteiger partial charge is 0.274 e. The van der Waals surface area contributed by atoms with Gasteiger partial charge in [0.25, 0.3) is 11.8 Å². The summed E-state index contributed by atoms with van der Waals surface area (Å²) in [6, 6.07) is 14.2. The minimum Gasteiger partial charge on any atom is -0.313 e. The second-order valence-electron chi connectivity index (χ2n) is 10.6. The van der Waals surface area contributed by atoms with Crippen LogP contribution in [0.25, 0.3) is 0 Å². The number of amides is 2. The third-order valence-electron chi connectivity index (χ3n) is 7.74. The van der Waals surface area contributed by atoms with Crippen molar-refractivity contribution in [2.45, 2.75) is 51.6 Å². The van der Waals surface area contributed by atoms with Gasteiger partial charge in [-0.05, 0) is 105 Å². The van der Waals surface area contributed by atoms with Gasteiger partial charge in [0.15, 0.2) is 0 Å². The molecule has 0 spiro atoms. The number of hydrazone groups is 1. The molecule has 0 saturated carbocycles. The summed E-state index contributed by atoms with van der Waals surface area (Å²) in [5.41, 5.74) is 5.96. The highest BCUT2D eigenvalue weighted by atomic mass is 32.1. The molecule has 5 rings (SSSR count). The molecule has 0 aliphatic carbocycles. The quantitative estimate of drug-likeness (QED) is 0.275. The van der Waals surface area contributed by atoms with Crippen LogP contribution < -0.4 is 10.7 Å². The Hall–Kier alpha value is -3.40. The summed E-state index contributed by atoms with van der Waals surface area (Å²) in [4.78, 5) is 31.2. The topological polar surface area (TPSA) is 77.0 Å². The van der Waals surface area contributed by atoms with Crippen molar-refractivity contribution in [2.75, 3.05) is 31.5 Å². The average molecular weight is 562 g/mol. The molecule has 2 aromatic carbocycles. The van der Waals surface area contributed by atoms with Gasteiger partial charge in [0.1, 0.15) is 10.8 Å². The largest absolute Gasteiger partial charge is 0.313 e. The van der Waals surface area contributed by atoms with E-state index in [2.05, 4.69) is 31.7 Å². The molecule has 2 aliphatic rings. The lowest BCUT2D eigenvalue weighted by Gasteiger charge is -2.40. The van der Waals surface area contributed by atoms with Crippen LogP contribution in [0.2, 0.25) is 0 Å². The molecule has 9 heteroatoms. The molecule has 0 radical (unpaired) electrons. The maximum Gasteiger partial charge on any atom is 0.274 e. The normalized spacial score (nSPS) is 17.2. The van der Waals surface area contributed by atoms with Crippen LogP contribution in [0.3, 0.4) is 0 Å². The number of likely N-dealkylation sites (tertiary alicyclic amines) is 2. The first-order valence-corrected chi connectivity index (χ1v) is 14.9. The van der Waals surface area contributed by atoms with Gasteiger partial charge in [0, 0.05) is 18.2 Å². The minimum atomic E-state index is -0.422. The molecule has 3 heterocycles. The third kappa shape index (κ3) is 7.21. The molecule has 3 aromatic rings. The first-order chi connectivity index (χ1) is 19.5. The molecule has 1 aromatic heterocycles. The lowest BCUT2D eigenvalue weighted by molar-refractivity contribution is 0.0896. The molecule has 210 valence electrons. The molecule has 2 N–H and O–H groups in total. The maximum atomic E-state index is 13.2. The summed E-state index contributed by atoms with van der Waals surface area (Å²) in [5, 5.41) is 9.21. The van der Waals surface area contributed by atoms with Crippen LogP contribution in [0, 0.1) is 12.7 Å². The number of hydrogen-bond acceptors (Lipinski definition) is 6. The number of thiophene rings is 1. The number of piperidine rings is 2. The average Bonchev–Trinajstić information content (AvgIpc) is 3.34. The van der Waals surface area contributed by atoms with E-state index in [0.717, 1.165) is 30.8 Å². The monoisotopic (exact) mass is 561 g/mol. The molecule has 2 amide bonds. The number of rotatable bonds is 8. The lowest BCUT2D eigenvalue weighted by Crippen LogP contribution is -2.46. The van der Waals surface area contributed by atoms with Gasteiger partial charge >= 0.3 is 0 Å². The van der Waals surface area contributed by atoms with Crippen LogP contribution in [0.4, 0.5) is 9.39 Å². The summed E-state index contributed by atoms with van der Waals surface area (Å²) in [6.45, 7) is 7.30. The number of benzene rings is 2. The highest BCUT2D eigenvalue weighted by molar-refractivity contribution is 7.15. The number of nitrogens with zero attached hydrogens (tertiary/aromatic N) is 3. The van der Waals surface area contributed by atoms with E-state index in [1.165, 1.54) is 74.9 Å². The van der Waals surface area contributed by atoms with Crippen LogP contribution in [-0.2, 0) is 6.54 Å². The van der Waals surface area contributed by atoms with Gasteiger partial charge in [-0.25, -0.2) is 9.82 Å². The second-order valence-corrected chi connectivity index (χ2v) is 11.5. The Kier molecular flexibility index (Phi) is 9.36. The van der Waals surface area contributed by atoms with E-state index in [-0.39, 0.29) is 11.7 Å². The van der Waals surface area contributed by atoms with Crippen molar-refractivity contribution in [3.05, 3.63) is 87.5 Å². The molecule has 2 aliphatic heterocycles. The Labute approximate surface area is 239 Å². The van der Waals surface area contributed by atoms with Gasteiger partial charge in [0.05, 0.1) is 11.8 Å². The molecular weight excluding hydrogens is 525 g/mol. The van der Waals surface area contributed by atoms with Crippen LogP contribution in [0.15, 0.2) is 59.0 Å². The molecule has 40 heavy (non-hydrogen) atoms. The molecule has 2 saturated heterocycles. The van der Waals surface area contributed by atoms with E-state index >= 15 is 0 Å². The van der Waals surface area contributed by atoms with Gasteiger partial charge in [0.2, 0.25) is 0 Å². The molecule has 0 atom stereocenters. The third-order valence-corrected chi connectivity index (χ3v) is 8.75. The zero-order chi connectivity index (χ0) is 27.9. The van der Waals surface area contributed by atoms with E-state index in [1.54, 1.807) is 18.2 Å². The van der Waals surface area contributed by atoms with Crippen molar-refractivity contribution in [2.24, 2.45) is 5.10 Å². The summed E-state index contributed by atoms with van der Waals surface area (Å²) < 4.78 is 13.1. The van der Waals surface area contributed by atoms with Crippen molar-refractivity contribution >= 4 is 34.4 Å². The van der Waals surface area contributed by atoms with Crippen molar-refractivity contribution < 1.29 is 14.0 Å². The van der Waals surface area contributed by atoms with Crippen LogP contribution in [-0.4, -0.2) is 60.0 Å². The molecule has 2 fully saturated rings. The molecule has 0 bridgehead atoms. The van der Waals surface area contributed by atoms with E-state index in [0.29, 0.717) is 27.7 Å². The van der Waals surface area contributed by atoms with Gasteiger partial charge in [-0.2, -0.15) is 5.10 Å². The standard InChI is InChI=1S/C31H36FN5O2S/c1-22-21-40-31(28(22)30(39)35-33-19-23-8-10-26(32)11-9-23)34-29(38)25-7-5-6-24(18-25)20-36-16-12-27(13-17-36)37-14-3-2-4-15-37/h5-11,18-19,21,27H,2-4,12-17,20H2,1H3,(H,34,38)(H,35,39)/b33-19+. The van der Waals surface area contributed by atoms with Crippen molar-refractivity contribution in [1.82, 2.24) is 15.2 Å². The fourth-order valence-corrected chi connectivity index (χ4v) is 6.49. The van der Waals surface area contributed by atoms with Gasteiger partial charge in [-0.15, -0.1) is 11.3 Å². The fourth-order valence-electron chi connectivity index (χ4n) is 5.56. The number of halogens is 1. The summed E-state index contributed by atoms with van der Waals surface area (Å²) in [7, 11) is 0. The van der Waals surface area contributed by atoms with E-state index in [4.69, 9.17) is 0 Å². The first-order valence-electron chi connectivity index (χ1n) is 14.0. The SMILES string of the molecule is Cc1csc(NC(=O)c2cccc(CN3CCC(N4CCCCC4)CC3)c2)c1C(=O)N/N=C/c1ccc(F)cc1. The number of hydrogen-bond donors (Lipinski definition) is 2. The van der Waals surface area contributed by atoms with Crippen molar-refractivity contribution in [3.8, 4) is 0 Å². The predicted molar refractivity (Wildman–Crippen MR) is 159 cm³/mol. The highest BCUT2D eigenvalue weighted by Gasteiger charge is 2.25. The Morgan fingerprint density at radius 2 is 1.77 bits per heavy atom. The van der Waals surface area contributed by atoms with Crippen LogP contribution in [0.1, 0.15) is 69.5 Å². The van der Waals surface area contributed by atoms with Gasteiger partial charge in [-0.1, -0.05) is 30.7 Å². The van der Waals surface area contributed by atoms with E-state index in [9.17, 15) is 14.0 Å². The van der Waals surface area contributed by atoms with Gasteiger partial charge in [-0.3, -0.25) is 14.5 Å². The predicted octanol–water partition coefficient (Wildman–Crippen LogP) is 5.66. The van der Waals surface area contributed by atoms with E-state index < -0.39 is 5.91 Å². The Morgan fingerprint density at radius 3 is 2.52 bits per heavy atom. The number of nitrogens with one attached hydrogen (secondary N) is 2. The second kappa shape index (κ2) is 13.3. The zero-order valence-corrected chi connectivity index (χ0v) is 23.7. The first kappa shape index (κ1) is 28.1. The number of carbonyl (C=O) groups is 2. The summed E-state index contributed by atoms with van der Waals surface area (Å²) in [5.74, 6) is -1.01. The van der Waals surface area contributed by atoms with Crippen LogP contribution >= 0.6 is 11.3 Å². The minimum absolute atomic E-state index is 0.253. The zero-order valence-electron chi connectivity index (χ0n) is 22.9. The fraction of sp³-hybridized carbons (Fsp3) is 0.387.